The first-order chi connectivity index (χ1) is 11.5. The molecule has 2 atom stereocenters. The monoisotopic (exact) mass is 340 g/mol. The predicted molar refractivity (Wildman–Crippen MR) is 98.7 cm³/mol. The third-order valence-corrected chi connectivity index (χ3v) is 4.86. The van der Waals surface area contributed by atoms with Crippen molar-refractivity contribution in [3.05, 3.63) is 70.8 Å². The molecule has 1 heterocycles. The second-order valence-corrected chi connectivity index (χ2v) is 6.76. The fourth-order valence-corrected chi connectivity index (χ4v) is 3.77. The zero-order valence-corrected chi connectivity index (χ0v) is 14.7. The van der Waals surface area contributed by atoms with Gasteiger partial charge >= 0.3 is 6.09 Å². The highest BCUT2D eigenvalue weighted by Crippen LogP contribution is 2.44. The highest BCUT2D eigenvalue weighted by Gasteiger charge is 2.41. The van der Waals surface area contributed by atoms with Crippen molar-refractivity contribution in [1.29, 1.82) is 0 Å². The number of hydrogen-bond donors (Lipinski definition) is 1. The number of carbonyl (C=O) groups is 1. The number of aliphatic imine (C=N–C) groups is 1. The SMILES string of the molecule is CSC1=NC(c2cccc(C)c2)C(c2cccc(C)c2)N1C(=O)O. The molecule has 0 radical (unpaired) electrons. The number of hydrogen-bond acceptors (Lipinski definition) is 3. The molecule has 1 aliphatic heterocycles. The minimum Gasteiger partial charge on any atom is -0.465 e. The van der Waals surface area contributed by atoms with E-state index in [4.69, 9.17) is 4.99 Å². The summed E-state index contributed by atoms with van der Waals surface area (Å²) in [5.41, 5.74) is 4.26. The number of nitrogens with zero attached hydrogens (tertiary/aromatic N) is 2. The van der Waals surface area contributed by atoms with Gasteiger partial charge in [0.1, 0.15) is 6.04 Å². The molecule has 3 rings (SSSR count). The molecule has 1 amide bonds. The van der Waals surface area contributed by atoms with Crippen LogP contribution in [0.5, 0.6) is 0 Å². The molecule has 0 spiro atoms. The molecule has 2 unspecified atom stereocenters. The Bertz CT molecular complexity index is 803. The molecular weight excluding hydrogens is 320 g/mol. The molecule has 5 heteroatoms. The van der Waals surface area contributed by atoms with Crippen LogP contribution < -0.4 is 0 Å². The number of thioether (sulfide) groups is 1. The summed E-state index contributed by atoms with van der Waals surface area (Å²) in [5.74, 6) is 0. The zero-order chi connectivity index (χ0) is 17.3. The molecular formula is C19H20N2O2S. The van der Waals surface area contributed by atoms with Crippen LogP contribution in [0.15, 0.2) is 53.5 Å². The van der Waals surface area contributed by atoms with E-state index in [1.165, 1.54) is 16.7 Å². The maximum atomic E-state index is 11.9. The van der Waals surface area contributed by atoms with Crippen molar-refractivity contribution >= 4 is 23.0 Å². The first kappa shape index (κ1) is 16.6. The fraction of sp³-hybridized carbons (Fsp3) is 0.263. The molecule has 1 N–H and O–H groups in total. The summed E-state index contributed by atoms with van der Waals surface area (Å²) in [5, 5.41) is 10.3. The predicted octanol–water partition coefficient (Wildman–Crippen LogP) is 4.80. The molecule has 0 bridgehead atoms. The van der Waals surface area contributed by atoms with Gasteiger partial charge in [0.15, 0.2) is 5.17 Å². The number of aryl methyl sites for hydroxylation is 2. The maximum Gasteiger partial charge on any atom is 0.414 e. The Morgan fingerprint density at radius 1 is 1.08 bits per heavy atom. The van der Waals surface area contributed by atoms with E-state index in [0.717, 1.165) is 22.3 Å². The lowest BCUT2D eigenvalue weighted by Crippen LogP contribution is -2.34. The van der Waals surface area contributed by atoms with Crippen LogP contribution in [0.25, 0.3) is 0 Å². The summed E-state index contributed by atoms with van der Waals surface area (Å²) in [6, 6.07) is 15.6. The van der Waals surface area contributed by atoms with Gasteiger partial charge in [-0.15, -0.1) is 0 Å². The zero-order valence-electron chi connectivity index (χ0n) is 13.9. The number of amides is 1. The van der Waals surface area contributed by atoms with Crippen molar-refractivity contribution in [2.75, 3.05) is 6.26 Å². The normalized spacial score (nSPS) is 20.1. The average molecular weight is 340 g/mol. The molecule has 0 fully saturated rings. The van der Waals surface area contributed by atoms with E-state index in [1.807, 2.05) is 62.6 Å². The molecule has 0 saturated heterocycles. The molecule has 0 aromatic heterocycles. The van der Waals surface area contributed by atoms with Gasteiger partial charge in [-0.1, -0.05) is 71.4 Å². The van der Waals surface area contributed by atoms with E-state index in [2.05, 4.69) is 6.07 Å². The number of benzene rings is 2. The summed E-state index contributed by atoms with van der Waals surface area (Å²) in [6.45, 7) is 4.05. The van der Waals surface area contributed by atoms with Crippen LogP contribution in [-0.4, -0.2) is 27.5 Å². The first-order valence-electron chi connectivity index (χ1n) is 7.78. The van der Waals surface area contributed by atoms with Gasteiger partial charge in [0.05, 0.1) is 6.04 Å². The summed E-state index contributed by atoms with van der Waals surface area (Å²) in [7, 11) is 0. The Balaban J connectivity index is 2.13. The van der Waals surface area contributed by atoms with Crippen molar-refractivity contribution in [1.82, 2.24) is 4.90 Å². The van der Waals surface area contributed by atoms with Gasteiger partial charge in [-0.05, 0) is 31.2 Å². The molecule has 24 heavy (non-hydrogen) atoms. The van der Waals surface area contributed by atoms with Gasteiger partial charge in [-0.2, -0.15) is 0 Å². The van der Waals surface area contributed by atoms with Gasteiger partial charge in [0, 0.05) is 0 Å². The summed E-state index contributed by atoms with van der Waals surface area (Å²) < 4.78 is 0. The standard InChI is InChI=1S/C19H20N2O2S/c1-12-6-4-8-14(10-12)16-17(15-9-5-7-13(2)11-15)21(19(22)23)18(20-16)24-3/h4-11,16-17H,1-3H3,(H,22,23). The first-order valence-corrected chi connectivity index (χ1v) is 9.01. The van der Waals surface area contributed by atoms with Crippen molar-refractivity contribution < 1.29 is 9.90 Å². The topological polar surface area (TPSA) is 52.9 Å². The third-order valence-electron chi connectivity index (χ3n) is 4.19. The van der Waals surface area contributed by atoms with Crippen LogP contribution in [0.1, 0.15) is 34.3 Å². The lowest BCUT2D eigenvalue weighted by atomic mass is 9.92. The lowest BCUT2D eigenvalue weighted by Gasteiger charge is -2.27. The Kier molecular flexibility index (Phi) is 4.62. The van der Waals surface area contributed by atoms with Crippen molar-refractivity contribution in [2.45, 2.75) is 25.9 Å². The van der Waals surface area contributed by atoms with E-state index < -0.39 is 6.09 Å². The van der Waals surface area contributed by atoms with Crippen molar-refractivity contribution in [3.63, 3.8) is 0 Å². The van der Waals surface area contributed by atoms with E-state index >= 15 is 0 Å². The molecule has 124 valence electrons. The van der Waals surface area contributed by atoms with Crippen LogP contribution in [-0.2, 0) is 0 Å². The van der Waals surface area contributed by atoms with Crippen LogP contribution in [0.3, 0.4) is 0 Å². The highest BCUT2D eigenvalue weighted by atomic mass is 32.2. The second-order valence-electron chi connectivity index (χ2n) is 5.99. The second kappa shape index (κ2) is 6.69. The summed E-state index contributed by atoms with van der Waals surface area (Å²) >= 11 is 1.37. The van der Waals surface area contributed by atoms with E-state index in [-0.39, 0.29) is 12.1 Å². The van der Waals surface area contributed by atoms with Gasteiger partial charge in [0.2, 0.25) is 0 Å². The van der Waals surface area contributed by atoms with Crippen LogP contribution in [0.2, 0.25) is 0 Å². The van der Waals surface area contributed by atoms with Gasteiger partial charge in [0.25, 0.3) is 0 Å². The molecule has 4 nitrogen and oxygen atoms in total. The highest BCUT2D eigenvalue weighted by molar-refractivity contribution is 8.13. The van der Waals surface area contributed by atoms with Crippen LogP contribution in [0, 0.1) is 13.8 Å². The third kappa shape index (κ3) is 3.04. The molecule has 2 aromatic carbocycles. The smallest absolute Gasteiger partial charge is 0.414 e. The minimum absolute atomic E-state index is 0.231. The molecule has 0 saturated carbocycles. The number of amidine groups is 1. The number of rotatable bonds is 2. The van der Waals surface area contributed by atoms with Crippen LogP contribution in [0.4, 0.5) is 4.79 Å². The van der Waals surface area contributed by atoms with Gasteiger partial charge < -0.3 is 5.11 Å². The Labute approximate surface area is 146 Å². The Morgan fingerprint density at radius 2 is 1.67 bits per heavy atom. The molecule has 0 aliphatic carbocycles. The Morgan fingerprint density at radius 3 is 2.21 bits per heavy atom. The van der Waals surface area contributed by atoms with Crippen molar-refractivity contribution in [2.24, 2.45) is 4.99 Å². The molecule has 1 aliphatic rings. The van der Waals surface area contributed by atoms with Crippen LogP contribution >= 0.6 is 11.8 Å². The maximum absolute atomic E-state index is 11.9. The summed E-state index contributed by atoms with van der Waals surface area (Å²) in [4.78, 5) is 18.0. The average Bonchev–Trinajstić information content (AvgIpc) is 2.94. The number of carboxylic acid groups (broad SMARTS) is 1. The van der Waals surface area contributed by atoms with E-state index in [0.29, 0.717) is 5.17 Å². The van der Waals surface area contributed by atoms with Gasteiger partial charge in [-0.25, -0.2) is 9.69 Å². The van der Waals surface area contributed by atoms with Gasteiger partial charge in [-0.3, -0.25) is 4.99 Å². The van der Waals surface area contributed by atoms with E-state index in [9.17, 15) is 9.90 Å². The van der Waals surface area contributed by atoms with E-state index in [1.54, 1.807) is 0 Å². The molecule has 2 aromatic rings. The lowest BCUT2D eigenvalue weighted by molar-refractivity contribution is 0.157. The van der Waals surface area contributed by atoms with Crippen molar-refractivity contribution in [3.8, 4) is 0 Å². The fourth-order valence-electron chi connectivity index (χ4n) is 3.16. The Hall–Kier alpha value is -2.27. The largest absolute Gasteiger partial charge is 0.465 e. The quantitative estimate of drug-likeness (QED) is 0.854. The minimum atomic E-state index is -0.968. The summed E-state index contributed by atoms with van der Waals surface area (Å²) in [6.07, 6.45) is 0.894.